The van der Waals surface area contributed by atoms with E-state index in [-0.39, 0.29) is 0 Å². The van der Waals surface area contributed by atoms with Gasteiger partial charge in [0.15, 0.2) is 5.82 Å². The maximum absolute atomic E-state index is 5.89. The van der Waals surface area contributed by atoms with Crippen LogP contribution in [0, 0.1) is 0 Å². The lowest BCUT2D eigenvalue weighted by Crippen LogP contribution is -2.48. The van der Waals surface area contributed by atoms with Crippen LogP contribution in [0.1, 0.15) is 0 Å². The molecule has 6 heteroatoms. The average Bonchev–Trinajstić information content (AvgIpc) is 3.15. The molecule has 0 aliphatic carbocycles. The Balaban J connectivity index is 1.54. The van der Waals surface area contributed by atoms with Gasteiger partial charge in [0.1, 0.15) is 0 Å². The number of nitrogens with zero attached hydrogens (tertiary/aromatic N) is 4. The van der Waals surface area contributed by atoms with Crippen molar-refractivity contribution >= 4 is 16.7 Å². The van der Waals surface area contributed by atoms with Gasteiger partial charge in [-0.05, 0) is 7.05 Å². The van der Waals surface area contributed by atoms with Crippen LogP contribution >= 0.6 is 11.5 Å². The first-order valence-corrected chi connectivity index (χ1v) is 8.04. The van der Waals surface area contributed by atoms with E-state index in [1.807, 2.05) is 30.3 Å². The van der Waals surface area contributed by atoms with E-state index < -0.39 is 0 Å². The Morgan fingerprint density at radius 2 is 2.10 bits per heavy atom. The van der Waals surface area contributed by atoms with E-state index in [9.17, 15) is 0 Å². The monoisotopic (exact) mass is 302 g/mol. The van der Waals surface area contributed by atoms with Crippen LogP contribution in [-0.4, -0.2) is 59.7 Å². The molecule has 0 N–H and O–H groups in total. The summed E-state index contributed by atoms with van der Waals surface area (Å²) >= 11 is 1.48. The topological polar surface area (TPSA) is 41.5 Å². The molecule has 0 saturated carbocycles. The van der Waals surface area contributed by atoms with Gasteiger partial charge in [0, 0.05) is 36.7 Å². The Bertz CT molecular complexity index is 617. The first kappa shape index (κ1) is 13.2. The predicted molar refractivity (Wildman–Crippen MR) is 83.7 cm³/mol. The molecule has 4 rings (SSSR count). The third kappa shape index (κ3) is 2.43. The second kappa shape index (κ2) is 5.36. The van der Waals surface area contributed by atoms with E-state index in [2.05, 4.69) is 21.2 Å². The van der Waals surface area contributed by atoms with Crippen molar-refractivity contribution in [2.75, 3.05) is 38.2 Å². The van der Waals surface area contributed by atoms with Gasteiger partial charge in [0.25, 0.3) is 0 Å². The van der Waals surface area contributed by atoms with Crippen molar-refractivity contribution in [2.24, 2.45) is 0 Å². The second-order valence-electron chi connectivity index (χ2n) is 5.63. The van der Waals surface area contributed by atoms with Crippen molar-refractivity contribution in [3.05, 3.63) is 30.3 Å². The molecular weight excluding hydrogens is 284 g/mol. The minimum absolute atomic E-state index is 0.299. The van der Waals surface area contributed by atoms with Gasteiger partial charge in [-0.2, -0.15) is 9.36 Å². The minimum Gasteiger partial charge on any atom is -0.373 e. The maximum atomic E-state index is 5.89. The van der Waals surface area contributed by atoms with E-state index in [1.54, 1.807) is 0 Å². The summed E-state index contributed by atoms with van der Waals surface area (Å²) in [5, 5.41) is 1.00. The highest BCUT2D eigenvalue weighted by Crippen LogP contribution is 2.29. The van der Waals surface area contributed by atoms with E-state index in [0.29, 0.717) is 12.1 Å². The summed E-state index contributed by atoms with van der Waals surface area (Å²) in [5.41, 5.74) is 1.07. The predicted octanol–water partition coefficient (Wildman–Crippen LogP) is 1.72. The van der Waals surface area contributed by atoms with Gasteiger partial charge in [-0.1, -0.05) is 30.3 Å². The summed E-state index contributed by atoms with van der Waals surface area (Å²) in [6.07, 6.45) is 0.299. The smallest absolute Gasteiger partial charge is 0.205 e. The Morgan fingerprint density at radius 3 is 2.90 bits per heavy atom. The highest BCUT2D eigenvalue weighted by molar-refractivity contribution is 7.09. The molecule has 21 heavy (non-hydrogen) atoms. The Kier molecular flexibility index (Phi) is 3.37. The van der Waals surface area contributed by atoms with Gasteiger partial charge in [-0.3, -0.25) is 4.90 Å². The van der Waals surface area contributed by atoms with E-state index in [4.69, 9.17) is 9.72 Å². The number of hydrogen-bond donors (Lipinski definition) is 0. The molecule has 1 aromatic carbocycles. The normalized spacial score (nSPS) is 26.0. The van der Waals surface area contributed by atoms with Crippen molar-refractivity contribution in [3.63, 3.8) is 0 Å². The molecule has 2 aliphatic heterocycles. The summed E-state index contributed by atoms with van der Waals surface area (Å²) in [6.45, 7) is 3.74. The van der Waals surface area contributed by atoms with Gasteiger partial charge in [0.2, 0.25) is 5.13 Å². The SMILES string of the molecule is CN1CCOC2CN(c3nc(-c4ccccc4)ns3)CC21. The van der Waals surface area contributed by atoms with E-state index in [0.717, 1.165) is 42.8 Å². The number of morpholine rings is 1. The first-order chi connectivity index (χ1) is 10.3. The van der Waals surface area contributed by atoms with Gasteiger partial charge in [0.05, 0.1) is 18.8 Å². The molecule has 2 unspecified atom stereocenters. The Morgan fingerprint density at radius 1 is 1.24 bits per heavy atom. The summed E-state index contributed by atoms with van der Waals surface area (Å²) in [4.78, 5) is 9.41. The third-order valence-electron chi connectivity index (χ3n) is 4.30. The van der Waals surface area contributed by atoms with Crippen LogP contribution in [0.2, 0.25) is 0 Å². The van der Waals surface area contributed by atoms with Crippen LogP contribution in [0.25, 0.3) is 11.4 Å². The molecule has 2 aromatic rings. The zero-order valence-electron chi connectivity index (χ0n) is 12.0. The first-order valence-electron chi connectivity index (χ1n) is 7.27. The van der Waals surface area contributed by atoms with Crippen LogP contribution in [0.15, 0.2) is 30.3 Å². The molecule has 0 radical (unpaired) electrons. The van der Waals surface area contributed by atoms with Crippen molar-refractivity contribution in [1.82, 2.24) is 14.3 Å². The molecule has 5 nitrogen and oxygen atoms in total. The molecule has 0 amide bonds. The van der Waals surface area contributed by atoms with E-state index in [1.165, 1.54) is 11.5 Å². The number of benzene rings is 1. The van der Waals surface area contributed by atoms with Crippen molar-refractivity contribution in [3.8, 4) is 11.4 Å². The fourth-order valence-corrected chi connectivity index (χ4v) is 3.77. The molecule has 3 heterocycles. The molecule has 110 valence electrons. The Hall–Kier alpha value is -1.50. The second-order valence-corrected chi connectivity index (χ2v) is 6.36. The number of aromatic nitrogens is 2. The van der Waals surface area contributed by atoms with Crippen LogP contribution in [-0.2, 0) is 4.74 Å². The molecule has 1 aromatic heterocycles. The van der Waals surface area contributed by atoms with Gasteiger partial charge >= 0.3 is 0 Å². The van der Waals surface area contributed by atoms with Crippen molar-refractivity contribution < 1.29 is 4.74 Å². The molecule has 2 atom stereocenters. The van der Waals surface area contributed by atoms with Crippen LogP contribution in [0.3, 0.4) is 0 Å². The summed E-state index contributed by atoms with van der Waals surface area (Å²) in [6, 6.07) is 10.6. The van der Waals surface area contributed by atoms with Crippen molar-refractivity contribution in [1.29, 1.82) is 0 Å². The third-order valence-corrected chi connectivity index (χ3v) is 5.07. The summed E-state index contributed by atoms with van der Waals surface area (Å²) in [7, 11) is 2.18. The van der Waals surface area contributed by atoms with Crippen LogP contribution in [0.4, 0.5) is 5.13 Å². The van der Waals surface area contributed by atoms with Crippen LogP contribution < -0.4 is 4.90 Å². The van der Waals surface area contributed by atoms with Crippen LogP contribution in [0.5, 0.6) is 0 Å². The zero-order chi connectivity index (χ0) is 14.2. The highest BCUT2D eigenvalue weighted by Gasteiger charge is 2.39. The Labute approximate surface area is 128 Å². The van der Waals surface area contributed by atoms with Gasteiger partial charge in [-0.25, -0.2) is 0 Å². The number of likely N-dealkylation sites (N-methyl/N-ethyl adjacent to an activating group) is 1. The zero-order valence-corrected chi connectivity index (χ0v) is 12.8. The maximum Gasteiger partial charge on any atom is 0.205 e. The number of anilines is 1. The quantitative estimate of drug-likeness (QED) is 0.845. The van der Waals surface area contributed by atoms with Crippen molar-refractivity contribution in [2.45, 2.75) is 12.1 Å². The minimum atomic E-state index is 0.299. The number of fused-ring (bicyclic) bond motifs is 1. The van der Waals surface area contributed by atoms with E-state index >= 15 is 0 Å². The molecule has 2 saturated heterocycles. The number of rotatable bonds is 2. The molecule has 2 fully saturated rings. The number of ether oxygens (including phenoxy) is 1. The number of hydrogen-bond acceptors (Lipinski definition) is 6. The molecule has 0 bridgehead atoms. The lowest BCUT2D eigenvalue weighted by atomic mass is 10.1. The average molecular weight is 302 g/mol. The van der Waals surface area contributed by atoms with Gasteiger partial charge in [-0.15, -0.1) is 0 Å². The largest absolute Gasteiger partial charge is 0.373 e. The summed E-state index contributed by atoms with van der Waals surface area (Å²) < 4.78 is 10.4. The lowest BCUT2D eigenvalue weighted by Gasteiger charge is -2.33. The summed E-state index contributed by atoms with van der Waals surface area (Å²) in [5.74, 6) is 0.819. The lowest BCUT2D eigenvalue weighted by molar-refractivity contribution is -0.0362. The fourth-order valence-electron chi connectivity index (χ4n) is 3.06. The van der Waals surface area contributed by atoms with Gasteiger partial charge < -0.3 is 9.64 Å². The molecular formula is C15H18N4OS. The molecule has 0 spiro atoms. The highest BCUT2D eigenvalue weighted by atomic mass is 32.1. The fraction of sp³-hybridized carbons (Fsp3) is 0.467. The standard InChI is InChI=1S/C15H18N4OS/c1-18-7-8-20-13-10-19(9-12(13)18)15-16-14(17-21-15)11-5-3-2-4-6-11/h2-6,12-13H,7-10H2,1H3. The molecule has 2 aliphatic rings.